The highest BCUT2D eigenvalue weighted by Crippen LogP contribution is 2.07. The number of hydrogen-bond acceptors (Lipinski definition) is 2. The Morgan fingerprint density at radius 2 is 2.08 bits per heavy atom. The molecule has 70 valence electrons. The van der Waals surface area contributed by atoms with E-state index in [4.69, 9.17) is 5.11 Å². The molecule has 2 nitrogen and oxygen atoms in total. The van der Waals surface area contributed by atoms with Gasteiger partial charge in [0.15, 0.2) is 0 Å². The Hall–Kier alpha value is -1.15. The number of aryl methyl sites for hydroxylation is 1. The molecule has 0 unspecified atom stereocenters. The summed E-state index contributed by atoms with van der Waals surface area (Å²) < 4.78 is 0. The zero-order valence-corrected chi connectivity index (χ0v) is 7.57. The first-order valence-electron chi connectivity index (χ1n) is 4.49. The number of aliphatic hydroxyl groups excluding tert-OH is 1. The highest BCUT2D eigenvalue weighted by molar-refractivity contribution is 5.55. The Morgan fingerprint density at radius 1 is 1.31 bits per heavy atom. The first-order valence-corrected chi connectivity index (χ1v) is 4.49. The van der Waals surface area contributed by atoms with Gasteiger partial charge in [-0.2, -0.15) is 0 Å². The second kappa shape index (κ2) is 5.49. The van der Waals surface area contributed by atoms with Crippen molar-refractivity contribution in [3.8, 4) is 0 Å². The molecule has 0 bridgehead atoms. The summed E-state index contributed by atoms with van der Waals surface area (Å²) >= 11 is 0. The number of benzene rings is 1. The SMILES string of the molecule is O=CCc1cccc(CCCO)c1. The van der Waals surface area contributed by atoms with Gasteiger partial charge in [-0.3, -0.25) is 0 Å². The van der Waals surface area contributed by atoms with E-state index in [2.05, 4.69) is 0 Å². The molecule has 0 atom stereocenters. The van der Waals surface area contributed by atoms with Crippen LogP contribution < -0.4 is 0 Å². The lowest BCUT2D eigenvalue weighted by atomic mass is 10.1. The van der Waals surface area contributed by atoms with Crippen molar-refractivity contribution in [1.29, 1.82) is 0 Å². The summed E-state index contributed by atoms with van der Waals surface area (Å²) in [7, 11) is 0. The molecular formula is C11H14O2. The predicted octanol–water partition coefficient (Wildman–Crippen LogP) is 1.35. The van der Waals surface area contributed by atoms with Crippen LogP contribution in [0.15, 0.2) is 24.3 Å². The fourth-order valence-electron chi connectivity index (χ4n) is 1.29. The summed E-state index contributed by atoms with van der Waals surface area (Å²) in [4.78, 5) is 10.3. The van der Waals surface area contributed by atoms with Crippen LogP contribution in [0.4, 0.5) is 0 Å². The fraction of sp³-hybridized carbons (Fsp3) is 0.364. The summed E-state index contributed by atoms with van der Waals surface area (Å²) in [6.45, 7) is 0.220. The van der Waals surface area contributed by atoms with Crippen LogP contribution in [0.3, 0.4) is 0 Å². The molecule has 0 aliphatic carbocycles. The summed E-state index contributed by atoms with van der Waals surface area (Å²) in [6, 6.07) is 7.93. The van der Waals surface area contributed by atoms with Gasteiger partial charge in [0.2, 0.25) is 0 Å². The lowest BCUT2D eigenvalue weighted by molar-refractivity contribution is -0.107. The average Bonchev–Trinajstić information content (AvgIpc) is 2.16. The highest BCUT2D eigenvalue weighted by Gasteiger charge is 1.95. The summed E-state index contributed by atoms with van der Waals surface area (Å²) in [5.41, 5.74) is 2.24. The van der Waals surface area contributed by atoms with Crippen molar-refractivity contribution in [1.82, 2.24) is 0 Å². The normalized spacial score (nSPS) is 9.92. The van der Waals surface area contributed by atoms with Gasteiger partial charge < -0.3 is 9.90 Å². The van der Waals surface area contributed by atoms with Crippen LogP contribution >= 0.6 is 0 Å². The van der Waals surface area contributed by atoms with E-state index in [1.54, 1.807) is 0 Å². The molecule has 1 aromatic rings. The number of aldehydes is 1. The van der Waals surface area contributed by atoms with E-state index in [0.29, 0.717) is 6.42 Å². The van der Waals surface area contributed by atoms with Gasteiger partial charge in [-0.25, -0.2) is 0 Å². The van der Waals surface area contributed by atoms with E-state index >= 15 is 0 Å². The van der Waals surface area contributed by atoms with Crippen molar-refractivity contribution in [3.63, 3.8) is 0 Å². The molecule has 2 heteroatoms. The van der Waals surface area contributed by atoms with Crippen molar-refractivity contribution >= 4 is 6.29 Å². The van der Waals surface area contributed by atoms with E-state index in [0.717, 1.165) is 24.7 Å². The second-order valence-corrected chi connectivity index (χ2v) is 3.02. The van der Waals surface area contributed by atoms with E-state index < -0.39 is 0 Å². The lowest BCUT2D eigenvalue weighted by Crippen LogP contribution is -1.92. The molecule has 1 rings (SSSR count). The van der Waals surface area contributed by atoms with Crippen molar-refractivity contribution in [2.75, 3.05) is 6.61 Å². The molecule has 0 aliphatic rings. The van der Waals surface area contributed by atoms with Gasteiger partial charge in [-0.15, -0.1) is 0 Å². The molecule has 0 saturated heterocycles. The van der Waals surface area contributed by atoms with Crippen molar-refractivity contribution in [2.24, 2.45) is 0 Å². The predicted molar refractivity (Wildman–Crippen MR) is 51.6 cm³/mol. The fourth-order valence-corrected chi connectivity index (χ4v) is 1.29. The first-order chi connectivity index (χ1) is 6.36. The van der Waals surface area contributed by atoms with Crippen LogP contribution in [0.25, 0.3) is 0 Å². The van der Waals surface area contributed by atoms with Crippen LogP contribution in [0.2, 0.25) is 0 Å². The van der Waals surface area contributed by atoms with E-state index in [1.165, 1.54) is 5.56 Å². The van der Waals surface area contributed by atoms with Crippen LogP contribution in [0, 0.1) is 0 Å². The Balaban J connectivity index is 2.61. The minimum atomic E-state index is 0.220. The zero-order valence-electron chi connectivity index (χ0n) is 7.57. The molecule has 0 amide bonds. The molecule has 0 fully saturated rings. The molecule has 1 N–H and O–H groups in total. The third kappa shape index (κ3) is 3.38. The standard InChI is InChI=1S/C11H14O2/c12-7-2-5-10-3-1-4-11(9-10)6-8-13/h1,3-4,8-9,12H,2,5-7H2. The second-order valence-electron chi connectivity index (χ2n) is 3.02. The largest absolute Gasteiger partial charge is 0.396 e. The maximum atomic E-state index is 10.3. The van der Waals surface area contributed by atoms with Gasteiger partial charge in [-0.05, 0) is 24.0 Å². The summed E-state index contributed by atoms with van der Waals surface area (Å²) in [5.74, 6) is 0. The van der Waals surface area contributed by atoms with E-state index in [-0.39, 0.29) is 6.61 Å². The van der Waals surface area contributed by atoms with Crippen LogP contribution in [0.5, 0.6) is 0 Å². The first kappa shape index (κ1) is 9.93. The third-order valence-corrected chi connectivity index (χ3v) is 1.93. The van der Waals surface area contributed by atoms with Crippen molar-refractivity contribution < 1.29 is 9.90 Å². The molecule has 0 aromatic heterocycles. The molecule has 0 saturated carbocycles. The van der Waals surface area contributed by atoms with Gasteiger partial charge >= 0.3 is 0 Å². The van der Waals surface area contributed by atoms with Gasteiger partial charge in [0.25, 0.3) is 0 Å². The third-order valence-electron chi connectivity index (χ3n) is 1.93. The quantitative estimate of drug-likeness (QED) is 0.691. The van der Waals surface area contributed by atoms with Crippen LogP contribution in [0.1, 0.15) is 17.5 Å². The van der Waals surface area contributed by atoms with Crippen LogP contribution in [-0.4, -0.2) is 18.0 Å². The molecule has 13 heavy (non-hydrogen) atoms. The number of aliphatic hydroxyl groups is 1. The average molecular weight is 178 g/mol. The molecule has 0 radical (unpaired) electrons. The van der Waals surface area contributed by atoms with Crippen LogP contribution in [-0.2, 0) is 17.6 Å². The molecule has 0 aliphatic heterocycles. The lowest BCUT2D eigenvalue weighted by Gasteiger charge is -2.01. The summed E-state index contributed by atoms with van der Waals surface area (Å²) in [5, 5.41) is 8.64. The molecule has 0 spiro atoms. The highest BCUT2D eigenvalue weighted by atomic mass is 16.2. The smallest absolute Gasteiger partial charge is 0.124 e. The van der Waals surface area contributed by atoms with Gasteiger partial charge in [0, 0.05) is 13.0 Å². The Morgan fingerprint density at radius 3 is 2.77 bits per heavy atom. The number of hydrogen-bond donors (Lipinski definition) is 1. The van der Waals surface area contributed by atoms with E-state index in [9.17, 15) is 4.79 Å². The Kier molecular flexibility index (Phi) is 4.19. The molecule has 1 aromatic carbocycles. The van der Waals surface area contributed by atoms with E-state index in [1.807, 2.05) is 24.3 Å². The number of rotatable bonds is 5. The molecular weight excluding hydrogens is 164 g/mol. The van der Waals surface area contributed by atoms with Gasteiger partial charge in [0.05, 0.1) is 0 Å². The van der Waals surface area contributed by atoms with Crippen molar-refractivity contribution in [2.45, 2.75) is 19.3 Å². The van der Waals surface area contributed by atoms with Crippen molar-refractivity contribution in [3.05, 3.63) is 35.4 Å². The topological polar surface area (TPSA) is 37.3 Å². The maximum absolute atomic E-state index is 10.3. The van der Waals surface area contributed by atoms with Gasteiger partial charge in [0.1, 0.15) is 6.29 Å². The monoisotopic (exact) mass is 178 g/mol. The number of carbonyl (C=O) groups is 1. The summed E-state index contributed by atoms with van der Waals surface area (Å²) in [6.07, 6.45) is 3.05. The number of carbonyl (C=O) groups excluding carboxylic acids is 1. The van der Waals surface area contributed by atoms with Gasteiger partial charge in [-0.1, -0.05) is 24.3 Å². The minimum Gasteiger partial charge on any atom is -0.396 e. The Bertz CT molecular complexity index is 269. The Labute approximate surface area is 78.2 Å². The maximum Gasteiger partial charge on any atom is 0.124 e. The minimum absolute atomic E-state index is 0.220. The zero-order chi connectivity index (χ0) is 9.52. The molecule has 0 heterocycles.